The van der Waals surface area contributed by atoms with Crippen LogP contribution in [0.15, 0.2) is 24.3 Å². The molecule has 0 radical (unpaired) electrons. The number of anilines is 2. The van der Waals surface area contributed by atoms with E-state index in [1.165, 1.54) is 17.4 Å². The minimum Gasteiger partial charge on any atom is -0.296 e. The molecular weight excluding hydrogens is 316 g/mol. The minimum absolute atomic E-state index is 0.208. The number of carbonyl (C=O) groups is 3. The zero-order chi connectivity index (χ0) is 16.4. The highest BCUT2D eigenvalue weighted by atomic mass is 32.1. The molecule has 0 unspecified atom stereocenters. The first kappa shape index (κ1) is 15.3. The molecule has 0 spiro atoms. The lowest BCUT2D eigenvalue weighted by Crippen LogP contribution is -2.28. The van der Waals surface area contributed by atoms with E-state index in [1.807, 2.05) is 6.92 Å². The van der Waals surface area contributed by atoms with E-state index < -0.39 is 0 Å². The molecule has 1 N–H and O–H groups in total. The second-order valence-corrected chi connectivity index (χ2v) is 6.04. The van der Waals surface area contributed by atoms with Crippen molar-refractivity contribution in [1.82, 2.24) is 10.2 Å². The highest BCUT2D eigenvalue weighted by molar-refractivity contribution is 7.15. The Kier molecular flexibility index (Phi) is 4.16. The number of nitrogens with one attached hydrogen (secondary N) is 1. The predicted molar refractivity (Wildman–Crippen MR) is 85.4 cm³/mol. The van der Waals surface area contributed by atoms with E-state index in [2.05, 4.69) is 15.5 Å². The van der Waals surface area contributed by atoms with Gasteiger partial charge in [0.15, 0.2) is 0 Å². The van der Waals surface area contributed by atoms with E-state index in [0.29, 0.717) is 16.4 Å². The molecule has 3 rings (SSSR count). The van der Waals surface area contributed by atoms with Crippen molar-refractivity contribution in [1.29, 1.82) is 0 Å². The number of aromatic nitrogens is 2. The Labute approximate surface area is 136 Å². The van der Waals surface area contributed by atoms with Crippen molar-refractivity contribution in [2.45, 2.75) is 26.2 Å². The van der Waals surface area contributed by atoms with Gasteiger partial charge in [0.2, 0.25) is 16.9 Å². The second-order valence-electron chi connectivity index (χ2n) is 4.98. The molecule has 0 bridgehead atoms. The number of rotatable bonds is 4. The summed E-state index contributed by atoms with van der Waals surface area (Å²) in [5.41, 5.74) is 0.764. The highest BCUT2D eigenvalue weighted by Crippen LogP contribution is 2.24. The fraction of sp³-hybridized carbons (Fsp3) is 0.267. The number of benzene rings is 1. The van der Waals surface area contributed by atoms with Crippen molar-refractivity contribution in [3.05, 3.63) is 34.8 Å². The van der Waals surface area contributed by atoms with Gasteiger partial charge in [-0.15, -0.1) is 10.2 Å². The molecule has 1 aromatic heterocycles. The molecule has 2 heterocycles. The van der Waals surface area contributed by atoms with Crippen molar-refractivity contribution in [3.8, 4) is 0 Å². The van der Waals surface area contributed by atoms with Crippen LogP contribution >= 0.6 is 11.3 Å². The summed E-state index contributed by atoms with van der Waals surface area (Å²) in [6.45, 7) is 1.96. The van der Waals surface area contributed by atoms with E-state index >= 15 is 0 Å². The number of hydrogen-bond donors (Lipinski definition) is 1. The summed E-state index contributed by atoms with van der Waals surface area (Å²) in [5.74, 6) is -0.849. The van der Waals surface area contributed by atoms with E-state index in [1.54, 1.807) is 18.2 Å². The molecule has 1 saturated heterocycles. The summed E-state index contributed by atoms with van der Waals surface area (Å²) >= 11 is 1.31. The Morgan fingerprint density at radius 1 is 1.26 bits per heavy atom. The van der Waals surface area contributed by atoms with Crippen LogP contribution in [0.25, 0.3) is 0 Å². The first-order valence-electron chi connectivity index (χ1n) is 7.18. The molecule has 0 aliphatic carbocycles. The third-order valence-electron chi connectivity index (χ3n) is 3.41. The molecule has 1 aliphatic rings. The lowest BCUT2D eigenvalue weighted by Gasteiger charge is -2.14. The zero-order valence-corrected chi connectivity index (χ0v) is 13.2. The van der Waals surface area contributed by atoms with Crippen LogP contribution in [0.3, 0.4) is 0 Å². The van der Waals surface area contributed by atoms with Crippen LogP contribution in [0, 0.1) is 0 Å². The SMILES string of the molecule is CCc1nnc(NC(=O)c2cccc(N3C(=O)CCC3=O)c2)s1. The number of nitrogens with zero attached hydrogens (tertiary/aromatic N) is 3. The zero-order valence-electron chi connectivity index (χ0n) is 12.4. The van der Waals surface area contributed by atoms with Gasteiger partial charge >= 0.3 is 0 Å². The van der Waals surface area contributed by atoms with E-state index in [4.69, 9.17) is 0 Å². The Bertz CT molecular complexity index is 771. The summed E-state index contributed by atoms with van der Waals surface area (Å²) in [5, 5.41) is 11.8. The van der Waals surface area contributed by atoms with Crippen LogP contribution in [-0.4, -0.2) is 27.9 Å². The number of imide groups is 1. The maximum atomic E-state index is 12.3. The highest BCUT2D eigenvalue weighted by Gasteiger charge is 2.30. The van der Waals surface area contributed by atoms with Gasteiger partial charge < -0.3 is 0 Å². The summed E-state index contributed by atoms with van der Waals surface area (Å²) in [7, 11) is 0. The number of hydrogen-bond acceptors (Lipinski definition) is 6. The van der Waals surface area contributed by atoms with Gasteiger partial charge in [-0.2, -0.15) is 0 Å². The minimum atomic E-state index is -0.357. The molecule has 8 heteroatoms. The lowest BCUT2D eigenvalue weighted by molar-refractivity contribution is -0.121. The summed E-state index contributed by atoms with van der Waals surface area (Å²) < 4.78 is 0. The Hall–Kier alpha value is -2.61. The summed E-state index contributed by atoms with van der Waals surface area (Å²) in [6.07, 6.45) is 1.17. The molecule has 0 atom stereocenters. The van der Waals surface area contributed by atoms with E-state index in [0.717, 1.165) is 16.3 Å². The Morgan fingerprint density at radius 3 is 2.65 bits per heavy atom. The van der Waals surface area contributed by atoms with Gasteiger partial charge in [-0.25, -0.2) is 0 Å². The topological polar surface area (TPSA) is 92.3 Å². The summed E-state index contributed by atoms with van der Waals surface area (Å²) in [6, 6.07) is 6.42. The smallest absolute Gasteiger partial charge is 0.257 e. The van der Waals surface area contributed by atoms with Crippen molar-refractivity contribution < 1.29 is 14.4 Å². The molecule has 1 aromatic carbocycles. The van der Waals surface area contributed by atoms with Crippen molar-refractivity contribution in [3.63, 3.8) is 0 Å². The largest absolute Gasteiger partial charge is 0.296 e. The fourth-order valence-electron chi connectivity index (χ4n) is 2.27. The third-order valence-corrected chi connectivity index (χ3v) is 4.39. The van der Waals surface area contributed by atoms with Gasteiger partial charge in [0.1, 0.15) is 5.01 Å². The maximum absolute atomic E-state index is 12.3. The molecule has 23 heavy (non-hydrogen) atoms. The molecule has 2 aromatic rings. The average molecular weight is 330 g/mol. The Morgan fingerprint density at radius 2 is 2.00 bits per heavy atom. The van der Waals surface area contributed by atoms with Crippen LogP contribution in [0.4, 0.5) is 10.8 Å². The molecule has 118 valence electrons. The standard InChI is InChI=1S/C15H14N4O3S/c1-2-11-17-18-15(23-11)16-14(22)9-4-3-5-10(8-9)19-12(20)6-7-13(19)21/h3-5,8H,2,6-7H2,1H3,(H,16,18,22). The molecule has 3 amide bonds. The van der Waals surface area contributed by atoms with Gasteiger partial charge in [0.05, 0.1) is 5.69 Å². The van der Waals surface area contributed by atoms with E-state index in [9.17, 15) is 14.4 Å². The first-order chi connectivity index (χ1) is 11.1. The normalized spacial score (nSPS) is 14.4. The Balaban J connectivity index is 1.80. The number of amides is 3. The summed E-state index contributed by atoms with van der Waals surface area (Å²) in [4.78, 5) is 37.0. The number of carbonyl (C=O) groups excluding carboxylic acids is 3. The van der Waals surface area contributed by atoms with Gasteiger partial charge in [0.25, 0.3) is 5.91 Å². The lowest BCUT2D eigenvalue weighted by atomic mass is 10.2. The molecule has 1 fully saturated rings. The average Bonchev–Trinajstić information content (AvgIpc) is 3.14. The second kappa shape index (κ2) is 6.25. The van der Waals surface area contributed by atoms with Gasteiger partial charge in [-0.3, -0.25) is 24.6 Å². The molecule has 1 aliphatic heterocycles. The monoisotopic (exact) mass is 330 g/mol. The fourth-order valence-corrected chi connectivity index (χ4v) is 2.94. The molecular formula is C15H14N4O3S. The van der Waals surface area contributed by atoms with Crippen molar-refractivity contribution in [2.24, 2.45) is 0 Å². The van der Waals surface area contributed by atoms with Gasteiger partial charge in [-0.1, -0.05) is 24.3 Å². The molecule has 0 saturated carbocycles. The van der Waals surface area contributed by atoms with Gasteiger partial charge in [-0.05, 0) is 24.6 Å². The van der Waals surface area contributed by atoms with Crippen LogP contribution in [0.1, 0.15) is 35.1 Å². The van der Waals surface area contributed by atoms with Crippen LogP contribution in [-0.2, 0) is 16.0 Å². The predicted octanol–water partition coefficient (Wildman–Crippen LogP) is 2.01. The first-order valence-corrected chi connectivity index (χ1v) is 7.99. The van der Waals surface area contributed by atoms with Crippen LogP contribution < -0.4 is 10.2 Å². The van der Waals surface area contributed by atoms with Crippen LogP contribution in [0.2, 0.25) is 0 Å². The van der Waals surface area contributed by atoms with Crippen LogP contribution in [0.5, 0.6) is 0 Å². The molecule has 7 nitrogen and oxygen atoms in total. The number of aryl methyl sites for hydroxylation is 1. The third kappa shape index (κ3) is 3.11. The quantitative estimate of drug-likeness (QED) is 0.866. The van der Waals surface area contributed by atoms with Crippen molar-refractivity contribution in [2.75, 3.05) is 10.2 Å². The van der Waals surface area contributed by atoms with E-state index in [-0.39, 0.29) is 30.6 Å². The van der Waals surface area contributed by atoms with Gasteiger partial charge in [0, 0.05) is 18.4 Å². The van der Waals surface area contributed by atoms with Crippen molar-refractivity contribution >= 4 is 39.9 Å². The maximum Gasteiger partial charge on any atom is 0.257 e.